The van der Waals surface area contributed by atoms with E-state index in [2.05, 4.69) is 15.9 Å². The molecular weight excluding hydrogens is 261 g/mol. The van der Waals surface area contributed by atoms with Gasteiger partial charge < -0.3 is 9.47 Å². The second-order valence-corrected chi connectivity index (χ2v) is 2.61. The fourth-order valence-corrected chi connectivity index (χ4v) is 1.05. The summed E-state index contributed by atoms with van der Waals surface area (Å²) in [4.78, 5) is 0. The van der Waals surface area contributed by atoms with Gasteiger partial charge in [-0.05, 0) is 13.8 Å². The predicted octanol–water partition coefficient (Wildman–Crippen LogP) is 2.17. The zero-order chi connectivity index (χ0) is 7.82. The molecule has 11 heavy (non-hydrogen) atoms. The maximum atomic E-state index is 5.27. The van der Waals surface area contributed by atoms with Gasteiger partial charge in [0.25, 0.3) is 0 Å². The van der Waals surface area contributed by atoms with Crippen LogP contribution < -0.4 is 0 Å². The zero-order valence-electron chi connectivity index (χ0n) is 7.31. The Kier molecular flexibility index (Phi) is 14.6. The van der Waals surface area contributed by atoms with Gasteiger partial charge in [-0.1, -0.05) is 15.9 Å². The van der Waals surface area contributed by atoms with Crippen LogP contribution in [0.4, 0.5) is 0 Å². The van der Waals surface area contributed by atoms with Crippen LogP contribution in [0.3, 0.4) is 0 Å². The van der Waals surface area contributed by atoms with Gasteiger partial charge in [0.15, 0.2) is 6.29 Å². The molecule has 64 valence electrons. The minimum Gasteiger partial charge on any atom is -0.353 e. The summed E-state index contributed by atoms with van der Waals surface area (Å²) in [5.74, 6) is 0. The fraction of sp³-hybridized carbons (Fsp3) is 1.00. The Morgan fingerprint density at radius 2 is 1.64 bits per heavy atom. The molecule has 0 aliphatic rings. The molecule has 2 nitrogen and oxygen atoms in total. The van der Waals surface area contributed by atoms with E-state index >= 15 is 0 Å². The van der Waals surface area contributed by atoms with Gasteiger partial charge in [0.05, 0.1) is 0 Å². The third-order valence-corrected chi connectivity index (χ3v) is 1.51. The van der Waals surface area contributed by atoms with Crippen molar-refractivity contribution in [3.05, 3.63) is 0 Å². The first-order valence-corrected chi connectivity index (χ1v) is 4.76. The molecule has 4 heteroatoms. The van der Waals surface area contributed by atoms with Crippen molar-refractivity contribution in [3.8, 4) is 0 Å². The Morgan fingerprint density at radius 1 is 1.18 bits per heavy atom. The van der Waals surface area contributed by atoms with Crippen LogP contribution in [-0.2, 0) is 29.0 Å². The number of hydrogen-bond donors (Lipinski definition) is 0. The molecule has 0 saturated heterocycles. The molecule has 0 aliphatic carbocycles. The van der Waals surface area contributed by atoms with Crippen molar-refractivity contribution in [2.45, 2.75) is 26.6 Å². The molecule has 0 radical (unpaired) electrons. The first-order chi connectivity index (χ1) is 4.85. The van der Waals surface area contributed by atoms with Crippen LogP contribution in [-0.4, -0.2) is 24.8 Å². The van der Waals surface area contributed by atoms with Gasteiger partial charge in [0.1, 0.15) is 0 Å². The monoisotopic (exact) mass is 274 g/mol. The van der Waals surface area contributed by atoms with E-state index in [9.17, 15) is 0 Å². The molecule has 0 aromatic carbocycles. The number of hydrogen-bond acceptors (Lipinski definition) is 2. The molecule has 0 bridgehead atoms. The molecule has 0 rings (SSSR count). The summed E-state index contributed by atoms with van der Waals surface area (Å²) in [5.41, 5.74) is 0. The van der Waals surface area contributed by atoms with Crippen LogP contribution in [0.5, 0.6) is 0 Å². The van der Waals surface area contributed by atoms with Crippen molar-refractivity contribution in [2.24, 2.45) is 0 Å². The van der Waals surface area contributed by atoms with Gasteiger partial charge in [-0.25, -0.2) is 0 Å². The molecular formula is C7H15BrO2Zn. The smallest absolute Gasteiger partial charge is 0.158 e. The Labute approximate surface area is 89.9 Å². The fourth-order valence-electron chi connectivity index (χ4n) is 0.676. The van der Waals surface area contributed by atoms with Gasteiger partial charge >= 0.3 is 0 Å². The van der Waals surface area contributed by atoms with Crippen LogP contribution in [0.25, 0.3) is 0 Å². The summed E-state index contributed by atoms with van der Waals surface area (Å²) < 4.78 is 10.5. The summed E-state index contributed by atoms with van der Waals surface area (Å²) in [6.07, 6.45) is 0.899. The molecule has 0 aromatic heterocycles. The van der Waals surface area contributed by atoms with Crippen molar-refractivity contribution >= 4 is 15.9 Å². The third-order valence-electron chi connectivity index (χ3n) is 1.05. The van der Waals surface area contributed by atoms with Crippen molar-refractivity contribution in [1.82, 2.24) is 0 Å². The van der Waals surface area contributed by atoms with Gasteiger partial charge in [0, 0.05) is 44.4 Å². The number of alkyl halides is 1. The van der Waals surface area contributed by atoms with E-state index in [1.807, 2.05) is 13.8 Å². The van der Waals surface area contributed by atoms with E-state index in [0.717, 1.165) is 25.0 Å². The summed E-state index contributed by atoms with van der Waals surface area (Å²) in [5, 5.41) is 0.928. The van der Waals surface area contributed by atoms with Crippen molar-refractivity contribution < 1.29 is 29.0 Å². The second-order valence-electron chi connectivity index (χ2n) is 1.82. The average Bonchev–Trinajstić information content (AvgIpc) is 1.90. The molecule has 0 atom stereocenters. The minimum atomic E-state index is -0.0191. The number of rotatable bonds is 6. The Bertz CT molecular complexity index is 59.2. The largest absolute Gasteiger partial charge is 0.353 e. The minimum absolute atomic E-state index is 0. The van der Waals surface area contributed by atoms with E-state index in [1.54, 1.807) is 0 Å². The van der Waals surface area contributed by atoms with E-state index in [4.69, 9.17) is 9.47 Å². The van der Waals surface area contributed by atoms with Crippen LogP contribution in [0.15, 0.2) is 0 Å². The van der Waals surface area contributed by atoms with E-state index < -0.39 is 0 Å². The molecule has 0 heterocycles. The summed E-state index contributed by atoms with van der Waals surface area (Å²) in [7, 11) is 0. The Morgan fingerprint density at radius 3 is 1.91 bits per heavy atom. The first-order valence-electron chi connectivity index (χ1n) is 3.64. The Hall–Kier alpha value is 1.02. The van der Waals surface area contributed by atoms with Crippen molar-refractivity contribution in [1.29, 1.82) is 0 Å². The van der Waals surface area contributed by atoms with E-state index in [1.165, 1.54) is 0 Å². The number of ether oxygens (including phenoxy) is 2. The SMILES string of the molecule is CCOC(CCBr)OCC.[Zn]. The van der Waals surface area contributed by atoms with Gasteiger partial charge in [-0.15, -0.1) is 0 Å². The van der Waals surface area contributed by atoms with E-state index in [-0.39, 0.29) is 25.8 Å². The van der Waals surface area contributed by atoms with Crippen molar-refractivity contribution in [2.75, 3.05) is 18.5 Å². The normalized spacial score (nSPS) is 9.82. The number of halogens is 1. The second kappa shape index (κ2) is 11.0. The maximum Gasteiger partial charge on any atom is 0.158 e. The molecule has 0 spiro atoms. The van der Waals surface area contributed by atoms with Crippen LogP contribution >= 0.6 is 15.9 Å². The molecule has 0 aliphatic heterocycles. The molecule has 0 fully saturated rings. The van der Waals surface area contributed by atoms with Crippen LogP contribution in [0.2, 0.25) is 0 Å². The topological polar surface area (TPSA) is 18.5 Å². The van der Waals surface area contributed by atoms with Gasteiger partial charge in [-0.2, -0.15) is 0 Å². The average molecular weight is 276 g/mol. The van der Waals surface area contributed by atoms with Gasteiger partial charge in [-0.3, -0.25) is 0 Å². The molecule has 0 amide bonds. The molecule has 0 N–H and O–H groups in total. The van der Waals surface area contributed by atoms with Crippen LogP contribution in [0, 0.1) is 0 Å². The maximum absolute atomic E-state index is 5.27. The van der Waals surface area contributed by atoms with E-state index in [0.29, 0.717) is 0 Å². The summed E-state index contributed by atoms with van der Waals surface area (Å²) in [6, 6.07) is 0. The van der Waals surface area contributed by atoms with Crippen molar-refractivity contribution in [3.63, 3.8) is 0 Å². The first kappa shape index (κ1) is 14.5. The predicted molar refractivity (Wildman–Crippen MR) is 45.5 cm³/mol. The third kappa shape index (κ3) is 8.93. The molecule has 0 unspecified atom stereocenters. The summed E-state index contributed by atoms with van der Waals surface area (Å²) in [6.45, 7) is 5.38. The summed E-state index contributed by atoms with van der Waals surface area (Å²) >= 11 is 3.33. The quantitative estimate of drug-likeness (QED) is 0.420. The molecule has 0 saturated carbocycles. The molecule has 0 aromatic rings. The standard InChI is InChI=1S/C7H15BrO2.Zn/c1-3-9-7(5-6-8)10-4-2;/h7H,3-6H2,1-2H3;. The van der Waals surface area contributed by atoms with Crippen LogP contribution in [0.1, 0.15) is 20.3 Å². The zero-order valence-corrected chi connectivity index (χ0v) is 11.9. The van der Waals surface area contributed by atoms with Gasteiger partial charge in [0.2, 0.25) is 0 Å². The Balaban J connectivity index is 0.